The van der Waals surface area contributed by atoms with E-state index < -0.39 is 11.4 Å². The summed E-state index contributed by atoms with van der Waals surface area (Å²) in [6.07, 6.45) is 3.89. The summed E-state index contributed by atoms with van der Waals surface area (Å²) in [5.74, 6) is -0.362. The summed E-state index contributed by atoms with van der Waals surface area (Å²) in [5, 5.41) is 0. The minimum absolute atomic E-state index is 0.257. The highest BCUT2D eigenvalue weighted by Gasteiger charge is 2.25. The fourth-order valence-corrected chi connectivity index (χ4v) is 4.63. The largest absolute Gasteiger partial charge is 0.466 e. The van der Waals surface area contributed by atoms with Crippen LogP contribution in [0.5, 0.6) is 5.75 Å². The molecule has 4 rings (SSSR count). The molecule has 210 valence electrons. The molecule has 0 amide bonds. The molecule has 3 aromatic rings. The van der Waals surface area contributed by atoms with Crippen LogP contribution in [0, 0.1) is 11.2 Å². The van der Waals surface area contributed by atoms with Gasteiger partial charge in [0.25, 0.3) is 0 Å². The lowest BCUT2D eigenvalue weighted by Gasteiger charge is -2.35. The number of halogens is 1. The number of ether oxygens (including phenoxy) is 2. The predicted octanol–water partition coefficient (Wildman–Crippen LogP) is 6.55. The van der Waals surface area contributed by atoms with Gasteiger partial charge >= 0.3 is 11.9 Å². The molecule has 0 unspecified atom stereocenters. The first-order valence-electron chi connectivity index (χ1n) is 13.6. The van der Waals surface area contributed by atoms with E-state index in [1.807, 2.05) is 69.3 Å². The molecule has 0 spiro atoms. The van der Waals surface area contributed by atoms with Crippen LogP contribution in [0.3, 0.4) is 0 Å². The quantitative estimate of drug-likeness (QED) is 0.182. The van der Waals surface area contributed by atoms with Gasteiger partial charge in [0, 0.05) is 32.3 Å². The van der Waals surface area contributed by atoms with Crippen LogP contribution < -0.4 is 14.5 Å². The zero-order chi connectivity index (χ0) is 28.9. The Balaban J connectivity index is 1.52. The Morgan fingerprint density at radius 1 is 1.02 bits per heavy atom. The third kappa shape index (κ3) is 7.08. The van der Waals surface area contributed by atoms with Crippen molar-refractivity contribution in [3.63, 3.8) is 0 Å². The molecule has 7 heteroatoms. The van der Waals surface area contributed by atoms with Crippen LogP contribution in [0.2, 0.25) is 0 Å². The Kier molecular flexibility index (Phi) is 8.93. The molecule has 0 saturated heterocycles. The molecule has 1 aliphatic heterocycles. The molecule has 0 saturated carbocycles. The molecule has 0 N–H and O–H groups in total. The standard InChI is InChI=1S/C33H37FN2O4/c1-6-35(21-24-9-7-23(8-10-24)11-16-31(37)39-5)30-20-27(34)13-15-29(30)36-18-17-25-19-28(14-12-26(25)22-36)40-32(38)33(2,3)4/h7-16,19-20H,6,17-18,21-22H2,1-5H3/b16-11+. The van der Waals surface area contributed by atoms with Gasteiger partial charge in [0.2, 0.25) is 0 Å². The smallest absolute Gasteiger partial charge is 0.330 e. The third-order valence-corrected chi connectivity index (χ3v) is 6.98. The Hall–Kier alpha value is -4.13. The molecule has 40 heavy (non-hydrogen) atoms. The maximum atomic E-state index is 14.5. The van der Waals surface area contributed by atoms with Crippen molar-refractivity contribution < 1.29 is 23.5 Å². The molecule has 0 aliphatic carbocycles. The molecule has 0 atom stereocenters. The maximum Gasteiger partial charge on any atom is 0.330 e. The van der Waals surface area contributed by atoms with Crippen molar-refractivity contribution in [1.82, 2.24) is 0 Å². The van der Waals surface area contributed by atoms with E-state index in [1.54, 1.807) is 12.1 Å². The van der Waals surface area contributed by atoms with Crippen LogP contribution in [-0.4, -0.2) is 32.1 Å². The molecule has 3 aromatic carbocycles. The van der Waals surface area contributed by atoms with E-state index in [0.717, 1.165) is 46.6 Å². The fraction of sp³-hybridized carbons (Fsp3) is 0.333. The number of carbonyl (C=O) groups is 2. The monoisotopic (exact) mass is 544 g/mol. The summed E-state index contributed by atoms with van der Waals surface area (Å²) < 4.78 is 24.8. The molecular weight excluding hydrogens is 507 g/mol. The minimum Gasteiger partial charge on any atom is -0.466 e. The summed E-state index contributed by atoms with van der Waals surface area (Å²) in [5.41, 5.74) is 5.55. The molecule has 0 fully saturated rings. The number of carbonyl (C=O) groups excluding carboxylic acids is 2. The highest BCUT2D eigenvalue weighted by atomic mass is 19.1. The Labute approximate surface area is 236 Å². The lowest BCUT2D eigenvalue weighted by atomic mass is 9.97. The SMILES string of the molecule is CCN(Cc1ccc(/C=C/C(=O)OC)cc1)c1cc(F)ccc1N1CCc2cc(OC(=O)C(C)(C)C)ccc2C1. The summed E-state index contributed by atoms with van der Waals surface area (Å²) in [6.45, 7) is 10.3. The molecule has 6 nitrogen and oxygen atoms in total. The van der Waals surface area contributed by atoms with E-state index in [9.17, 15) is 14.0 Å². The second-order valence-corrected chi connectivity index (χ2v) is 11.0. The Bertz CT molecular complexity index is 1390. The number of hydrogen-bond donors (Lipinski definition) is 0. The van der Waals surface area contributed by atoms with Crippen molar-refractivity contribution in [2.75, 3.05) is 30.0 Å². The molecule has 0 aromatic heterocycles. The van der Waals surface area contributed by atoms with Crippen LogP contribution in [0.25, 0.3) is 6.08 Å². The van der Waals surface area contributed by atoms with E-state index in [4.69, 9.17) is 4.74 Å². The number of methoxy groups -OCH3 is 1. The maximum absolute atomic E-state index is 14.5. The Morgan fingerprint density at radius 3 is 2.45 bits per heavy atom. The van der Waals surface area contributed by atoms with Crippen LogP contribution in [0.4, 0.5) is 15.8 Å². The van der Waals surface area contributed by atoms with Gasteiger partial charge in [-0.05, 0) is 92.8 Å². The van der Waals surface area contributed by atoms with Crippen LogP contribution in [-0.2, 0) is 33.8 Å². The molecule has 0 radical (unpaired) electrons. The van der Waals surface area contributed by atoms with Crippen molar-refractivity contribution in [3.8, 4) is 5.75 Å². The average Bonchev–Trinajstić information content (AvgIpc) is 2.94. The normalized spacial score (nSPS) is 13.2. The molecule has 1 aliphatic rings. The number of rotatable bonds is 8. The Morgan fingerprint density at radius 2 is 1.77 bits per heavy atom. The number of hydrogen-bond acceptors (Lipinski definition) is 6. The van der Waals surface area contributed by atoms with Crippen molar-refractivity contribution in [2.45, 2.75) is 47.2 Å². The molecule has 1 heterocycles. The highest BCUT2D eigenvalue weighted by Crippen LogP contribution is 2.35. The zero-order valence-corrected chi connectivity index (χ0v) is 23.9. The lowest BCUT2D eigenvalue weighted by Crippen LogP contribution is -2.33. The van der Waals surface area contributed by atoms with E-state index in [0.29, 0.717) is 25.4 Å². The van der Waals surface area contributed by atoms with Crippen LogP contribution in [0.1, 0.15) is 49.9 Å². The van der Waals surface area contributed by atoms with Gasteiger partial charge in [0.1, 0.15) is 11.6 Å². The van der Waals surface area contributed by atoms with E-state index >= 15 is 0 Å². The van der Waals surface area contributed by atoms with Crippen LogP contribution in [0.15, 0.2) is 66.7 Å². The zero-order valence-electron chi connectivity index (χ0n) is 23.9. The second-order valence-electron chi connectivity index (χ2n) is 11.0. The lowest BCUT2D eigenvalue weighted by molar-refractivity contribution is -0.143. The van der Waals surface area contributed by atoms with Crippen LogP contribution >= 0.6 is 0 Å². The van der Waals surface area contributed by atoms with Crippen molar-refractivity contribution in [3.05, 3.63) is 94.8 Å². The average molecular weight is 545 g/mol. The summed E-state index contributed by atoms with van der Waals surface area (Å²) in [7, 11) is 1.35. The number of esters is 2. The highest BCUT2D eigenvalue weighted by molar-refractivity contribution is 5.86. The van der Waals surface area contributed by atoms with Gasteiger partial charge in [-0.25, -0.2) is 9.18 Å². The van der Waals surface area contributed by atoms with Gasteiger partial charge in [-0.1, -0.05) is 30.3 Å². The number of nitrogens with zero attached hydrogens (tertiary/aromatic N) is 2. The van der Waals surface area contributed by atoms with Gasteiger partial charge < -0.3 is 19.3 Å². The third-order valence-electron chi connectivity index (χ3n) is 6.98. The van der Waals surface area contributed by atoms with E-state index in [1.165, 1.54) is 19.3 Å². The molecule has 0 bridgehead atoms. The van der Waals surface area contributed by atoms with Gasteiger partial charge in [-0.15, -0.1) is 0 Å². The first kappa shape index (κ1) is 28.9. The van der Waals surface area contributed by atoms with Gasteiger partial charge in [-0.3, -0.25) is 4.79 Å². The van der Waals surface area contributed by atoms with Gasteiger partial charge in [0.05, 0.1) is 23.9 Å². The second kappa shape index (κ2) is 12.4. The summed E-state index contributed by atoms with van der Waals surface area (Å²) in [4.78, 5) is 28.1. The number of benzene rings is 3. The first-order valence-corrected chi connectivity index (χ1v) is 13.6. The van der Waals surface area contributed by atoms with E-state index in [-0.39, 0.29) is 11.8 Å². The van der Waals surface area contributed by atoms with Crippen molar-refractivity contribution in [1.29, 1.82) is 0 Å². The van der Waals surface area contributed by atoms with E-state index in [2.05, 4.69) is 21.5 Å². The van der Waals surface area contributed by atoms with Gasteiger partial charge in [0.15, 0.2) is 0 Å². The summed E-state index contributed by atoms with van der Waals surface area (Å²) in [6, 6.07) is 18.7. The fourth-order valence-electron chi connectivity index (χ4n) is 4.63. The first-order chi connectivity index (χ1) is 19.1. The van der Waals surface area contributed by atoms with Crippen molar-refractivity contribution in [2.24, 2.45) is 5.41 Å². The minimum atomic E-state index is -0.569. The van der Waals surface area contributed by atoms with Crippen molar-refractivity contribution >= 4 is 29.4 Å². The number of fused-ring (bicyclic) bond motifs is 1. The number of anilines is 2. The molecular formula is C33H37FN2O4. The van der Waals surface area contributed by atoms with Gasteiger partial charge in [-0.2, -0.15) is 0 Å². The predicted molar refractivity (Wildman–Crippen MR) is 157 cm³/mol. The topological polar surface area (TPSA) is 59.1 Å². The summed E-state index contributed by atoms with van der Waals surface area (Å²) >= 11 is 0.